The molecule has 0 aliphatic carbocycles. The maximum atomic E-state index is 6.49. The first-order valence-corrected chi connectivity index (χ1v) is 6.77. The Morgan fingerprint density at radius 2 is 2.00 bits per heavy atom. The molecule has 0 N–H and O–H groups in total. The predicted octanol–water partition coefficient (Wildman–Crippen LogP) is 4.25. The lowest BCUT2D eigenvalue weighted by molar-refractivity contribution is 0.463. The van der Waals surface area contributed by atoms with E-state index < -0.39 is 0 Å². The first-order valence-electron chi connectivity index (χ1n) is 5.96. The molecule has 0 aliphatic heterocycles. The molecule has 2 rings (SSSR count). The molecule has 1 heterocycles. The molecule has 2 aromatic rings. The van der Waals surface area contributed by atoms with Gasteiger partial charge < -0.3 is 0 Å². The van der Waals surface area contributed by atoms with E-state index in [-0.39, 0.29) is 11.4 Å². The van der Waals surface area contributed by atoms with Gasteiger partial charge in [-0.2, -0.15) is 5.10 Å². The van der Waals surface area contributed by atoms with Gasteiger partial charge in [0.2, 0.25) is 0 Å². The number of hydrogen-bond donors (Lipinski definition) is 0. The molecular formula is C13H15Cl2N3. The van der Waals surface area contributed by atoms with Gasteiger partial charge in [-0.25, -0.2) is 9.67 Å². The summed E-state index contributed by atoms with van der Waals surface area (Å²) in [7, 11) is 0. The summed E-state index contributed by atoms with van der Waals surface area (Å²) in [4.78, 5) is 3.94. The van der Waals surface area contributed by atoms with Crippen LogP contribution in [0.5, 0.6) is 0 Å². The van der Waals surface area contributed by atoms with Gasteiger partial charge in [-0.15, -0.1) is 0 Å². The fourth-order valence-corrected chi connectivity index (χ4v) is 2.51. The lowest BCUT2D eigenvalue weighted by Gasteiger charge is -2.22. The Morgan fingerprint density at radius 1 is 1.28 bits per heavy atom. The number of rotatable bonds is 5. The molecule has 96 valence electrons. The lowest BCUT2D eigenvalue weighted by Crippen LogP contribution is -2.13. The SMILES string of the molecule is CCCC(c1ccc(Cl)cc1)C(Cl)n1cncn1. The summed E-state index contributed by atoms with van der Waals surface area (Å²) in [5.74, 6) is 0.204. The molecule has 0 saturated heterocycles. The molecule has 1 aromatic carbocycles. The van der Waals surface area contributed by atoms with E-state index in [2.05, 4.69) is 17.0 Å². The Hall–Kier alpha value is -1.06. The Bertz CT molecular complexity index is 467. The molecule has 0 spiro atoms. The van der Waals surface area contributed by atoms with Crippen LogP contribution in [0.15, 0.2) is 36.9 Å². The van der Waals surface area contributed by atoms with Crippen molar-refractivity contribution in [3.05, 3.63) is 47.5 Å². The largest absolute Gasteiger partial charge is 0.234 e. The minimum absolute atomic E-state index is 0.204. The van der Waals surface area contributed by atoms with Crippen LogP contribution in [0.25, 0.3) is 0 Å². The highest BCUT2D eigenvalue weighted by Crippen LogP contribution is 2.35. The summed E-state index contributed by atoms with van der Waals surface area (Å²) in [6.45, 7) is 2.15. The molecule has 0 fully saturated rings. The van der Waals surface area contributed by atoms with Gasteiger partial charge in [0.1, 0.15) is 18.2 Å². The van der Waals surface area contributed by atoms with E-state index in [1.165, 1.54) is 11.9 Å². The van der Waals surface area contributed by atoms with E-state index >= 15 is 0 Å². The van der Waals surface area contributed by atoms with Crippen molar-refractivity contribution in [3.63, 3.8) is 0 Å². The molecule has 0 radical (unpaired) electrons. The summed E-state index contributed by atoms with van der Waals surface area (Å²) in [5.41, 5.74) is 0.949. The molecule has 0 amide bonds. The van der Waals surface area contributed by atoms with Crippen molar-refractivity contribution >= 4 is 23.2 Å². The number of aromatic nitrogens is 3. The third kappa shape index (κ3) is 3.03. The van der Waals surface area contributed by atoms with Crippen molar-refractivity contribution < 1.29 is 0 Å². The molecule has 5 heteroatoms. The standard InChI is InChI=1S/C13H15Cl2N3/c1-2-3-12(10-4-6-11(14)7-5-10)13(15)18-9-16-8-17-18/h4-9,12-13H,2-3H2,1H3. The second-order valence-corrected chi connectivity index (χ2v) is 5.08. The van der Waals surface area contributed by atoms with E-state index in [1.54, 1.807) is 11.0 Å². The van der Waals surface area contributed by atoms with Crippen LogP contribution in [0.2, 0.25) is 5.02 Å². The summed E-state index contributed by atoms with van der Waals surface area (Å²) in [6, 6.07) is 7.83. The summed E-state index contributed by atoms with van der Waals surface area (Å²) >= 11 is 12.4. The maximum Gasteiger partial charge on any atom is 0.137 e. The normalized spacial score (nSPS) is 14.4. The van der Waals surface area contributed by atoms with Crippen LogP contribution < -0.4 is 0 Å². The van der Waals surface area contributed by atoms with Crippen LogP contribution in [0, 0.1) is 0 Å². The Morgan fingerprint density at radius 3 is 2.56 bits per heavy atom. The van der Waals surface area contributed by atoms with Crippen LogP contribution in [0.3, 0.4) is 0 Å². The first kappa shape index (κ1) is 13.4. The average Bonchev–Trinajstić information content (AvgIpc) is 2.90. The monoisotopic (exact) mass is 283 g/mol. The molecule has 18 heavy (non-hydrogen) atoms. The van der Waals surface area contributed by atoms with Gasteiger partial charge >= 0.3 is 0 Å². The Balaban J connectivity index is 2.25. The second-order valence-electron chi connectivity index (χ2n) is 4.19. The van der Waals surface area contributed by atoms with Crippen molar-refractivity contribution in [1.82, 2.24) is 14.8 Å². The molecule has 2 atom stereocenters. The topological polar surface area (TPSA) is 30.7 Å². The van der Waals surface area contributed by atoms with Gasteiger partial charge in [-0.3, -0.25) is 0 Å². The van der Waals surface area contributed by atoms with Crippen LogP contribution in [0.1, 0.15) is 36.7 Å². The third-order valence-electron chi connectivity index (χ3n) is 2.92. The van der Waals surface area contributed by atoms with Crippen molar-refractivity contribution in [2.24, 2.45) is 0 Å². The molecule has 0 bridgehead atoms. The quantitative estimate of drug-likeness (QED) is 0.768. The third-order valence-corrected chi connectivity index (χ3v) is 3.68. The first-order chi connectivity index (χ1) is 8.72. The van der Waals surface area contributed by atoms with Gasteiger partial charge in [0.25, 0.3) is 0 Å². The van der Waals surface area contributed by atoms with E-state index in [4.69, 9.17) is 23.2 Å². The van der Waals surface area contributed by atoms with Crippen LogP contribution in [-0.4, -0.2) is 14.8 Å². The molecule has 2 unspecified atom stereocenters. The molecule has 0 saturated carbocycles. The fourth-order valence-electron chi connectivity index (χ4n) is 2.01. The highest BCUT2D eigenvalue weighted by molar-refractivity contribution is 6.30. The highest BCUT2D eigenvalue weighted by atomic mass is 35.5. The smallest absolute Gasteiger partial charge is 0.137 e. The molecular weight excluding hydrogens is 269 g/mol. The molecule has 3 nitrogen and oxygen atoms in total. The average molecular weight is 284 g/mol. The summed E-state index contributed by atoms with van der Waals surface area (Å²) in [6.07, 6.45) is 5.21. The number of nitrogens with zero attached hydrogens (tertiary/aromatic N) is 3. The van der Waals surface area contributed by atoms with E-state index in [9.17, 15) is 0 Å². The van der Waals surface area contributed by atoms with Crippen molar-refractivity contribution in [1.29, 1.82) is 0 Å². The molecule has 0 aliphatic rings. The van der Waals surface area contributed by atoms with Crippen LogP contribution in [0.4, 0.5) is 0 Å². The zero-order valence-corrected chi connectivity index (χ0v) is 11.6. The number of halogens is 2. The van der Waals surface area contributed by atoms with Crippen LogP contribution in [-0.2, 0) is 0 Å². The summed E-state index contributed by atoms with van der Waals surface area (Å²) < 4.78 is 1.69. The van der Waals surface area contributed by atoms with E-state index in [0.717, 1.165) is 17.9 Å². The van der Waals surface area contributed by atoms with Gasteiger partial charge in [-0.05, 0) is 24.1 Å². The maximum absolute atomic E-state index is 6.49. The Kier molecular flexibility index (Phi) is 4.61. The van der Waals surface area contributed by atoms with Crippen molar-refractivity contribution in [3.8, 4) is 0 Å². The highest BCUT2D eigenvalue weighted by Gasteiger charge is 2.22. The molecule has 1 aromatic heterocycles. The number of benzene rings is 1. The zero-order valence-electron chi connectivity index (χ0n) is 10.1. The second kappa shape index (κ2) is 6.21. The van der Waals surface area contributed by atoms with Gasteiger partial charge in [0.15, 0.2) is 0 Å². The van der Waals surface area contributed by atoms with Crippen LogP contribution >= 0.6 is 23.2 Å². The minimum Gasteiger partial charge on any atom is -0.234 e. The van der Waals surface area contributed by atoms with E-state index in [0.29, 0.717) is 0 Å². The van der Waals surface area contributed by atoms with Crippen molar-refractivity contribution in [2.75, 3.05) is 0 Å². The fraction of sp³-hybridized carbons (Fsp3) is 0.385. The minimum atomic E-state index is -0.228. The van der Waals surface area contributed by atoms with Gasteiger partial charge in [-0.1, -0.05) is 48.7 Å². The number of hydrogen-bond acceptors (Lipinski definition) is 2. The summed E-state index contributed by atoms with van der Waals surface area (Å²) in [5, 5.41) is 4.85. The zero-order chi connectivity index (χ0) is 13.0. The van der Waals surface area contributed by atoms with Gasteiger partial charge in [0, 0.05) is 10.9 Å². The van der Waals surface area contributed by atoms with Crippen molar-refractivity contribution in [2.45, 2.75) is 31.2 Å². The van der Waals surface area contributed by atoms with Gasteiger partial charge in [0.05, 0.1) is 0 Å². The van der Waals surface area contributed by atoms with E-state index in [1.807, 2.05) is 24.3 Å². The number of alkyl halides is 1. The lowest BCUT2D eigenvalue weighted by atomic mass is 9.94. The Labute approximate surface area is 117 Å². The predicted molar refractivity (Wildman–Crippen MR) is 74.0 cm³/mol.